The van der Waals surface area contributed by atoms with Crippen LogP contribution in [0.15, 0.2) is 23.1 Å². The second kappa shape index (κ2) is 5.55. The minimum absolute atomic E-state index is 0. The van der Waals surface area contributed by atoms with Crippen LogP contribution >= 0.6 is 0 Å². The maximum absolute atomic E-state index is 10.8. The molecule has 1 radical (unpaired) electrons. The standard InChI is InChI=1S/C6H5N3O3S.Ag.Na.H/c10-13(11,12)5-3-1-2-4-6(5)8-9-7-4;;;/h1-3H,(H,7,8,9)(H,10,11,12);;;/q;;+1;-1. The first kappa shape index (κ1) is 15.3. The molecule has 0 amide bonds. The van der Waals surface area contributed by atoms with Crippen molar-refractivity contribution in [3.63, 3.8) is 0 Å². The van der Waals surface area contributed by atoms with Gasteiger partial charge in [-0.3, -0.25) is 4.55 Å². The minimum atomic E-state index is -4.22. The van der Waals surface area contributed by atoms with Crippen LogP contribution in [0.1, 0.15) is 1.43 Å². The first-order valence-corrected chi connectivity index (χ1v) is 4.80. The summed E-state index contributed by atoms with van der Waals surface area (Å²) in [5, 5.41) is 9.57. The zero-order valence-electron chi connectivity index (χ0n) is 8.60. The molecule has 0 saturated heterocycles. The van der Waals surface area contributed by atoms with Gasteiger partial charge >= 0.3 is 29.6 Å². The molecule has 0 spiro atoms. The molecule has 0 bridgehead atoms. The zero-order valence-corrected chi connectivity index (χ0v) is 11.9. The van der Waals surface area contributed by atoms with E-state index in [1.54, 1.807) is 6.07 Å². The summed E-state index contributed by atoms with van der Waals surface area (Å²) in [4.78, 5) is -0.237. The van der Waals surface area contributed by atoms with Gasteiger partial charge in [0.2, 0.25) is 0 Å². The number of hydrogen-bond donors (Lipinski definition) is 2. The average molecular weight is 331 g/mol. The van der Waals surface area contributed by atoms with Crippen LogP contribution in [0.5, 0.6) is 0 Å². The molecule has 2 N–H and O–H groups in total. The molecule has 2 rings (SSSR count). The van der Waals surface area contributed by atoms with Crippen LogP contribution in [0, 0.1) is 0 Å². The molecular weight excluding hydrogens is 325 g/mol. The predicted molar refractivity (Wildman–Crippen MR) is 44.8 cm³/mol. The third-order valence-electron chi connectivity index (χ3n) is 1.59. The van der Waals surface area contributed by atoms with Crippen molar-refractivity contribution in [3.8, 4) is 0 Å². The van der Waals surface area contributed by atoms with Gasteiger partial charge in [0.1, 0.15) is 15.9 Å². The molecule has 9 heteroatoms. The number of aromatic nitrogens is 3. The topological polar surface area (TPSA) is 95.9 Å². The van der Waals surface area contributed by atoms with E-state index in [9.17, 15) is 8.42 Å². The van der Waals surface area contributed by atoms with Gasteiger partial charge in [0.15, 0.2) is 0 Å². The SMILES string of the molecule is O=S(=O)(O)c1cccc2n[nH]nc12.[Ag].[H-].[Na+]. The van der Waals surface area contributed by atoms with Crippen molar-refractivity contribution >= 4 is 21.2 Å². The number of hydrogen-bond acceptors (Lipinski definition) is 4. The van der Waals surface area contributed by atoms with E-state index in [4.69, 9.17) is 4.55 Å². The maximum Gasteiger partial charge on any atom is 1.00 e. The number of H-pyrrole nitrogens is 1. The van der Waals surface area contributed by atoms with Crippen LogP contribution in [0.4, 0.5) is 0 Å². The van der Waals surface area contributed by atoms with E-state index >= 15 is 0 Å². The number of fused-ring (bicyclic) bond motifs is 1. The van der Waals surface area contributed by atoms with Crippen LogP contribution in [-0.2, 0) is 32.5 Å². The first-order valence-electron chi connectivity index (χ1n) is 3.36. The quantitative estimate of drug-likeness (QED) is 0.439. The summed E-state index contributed by atoms with van der Waals surface area (Å²) in [6.07, 6.45) is 0. The Bertz CT molecular complexity index is 561. The van der Waals surface area contributed by atoms with E-state index in [2.05, 4.69) is 15.4 Å². The van der Waals surface area contributed by atoms with E-state index in [0.717, 1.165) is 0 Å². The molecular formula is C6H6AgN3NaO3S. The summed E-state index contributed by atoms with van der Waals surface area (Å²) in [6.45, 7) is 0. The van der Waals surface area contributed by atoms with Gasteiger partial charge in [-0.05, 0) is 12.1 Å². The van der Waals surface area contributed by atoms with Crippen molar-refractivity contribution in [2.24, 2.45) is 0 Å². The van der Waals surface area contributed by atoms with Crippen molar-refractivity contribution < 1.29 is 66.3 Å². The molecule has 0 aliphatic carbocycles. The Hall–Kier alpha value is 0.270. The molecule has 1 heterocycles. The summed E-state index contributed by atoms with van der Waals surface area (Å²) in [5.41, 5.74) is 0.542. The van der Waals surface area contributed by atoms with Gasteiger partial charge in [0, 0.05) is 22.4 Å². The third-order valence-corrected chi connectivity index (χ3v) is 2.47. The van der Waals surface area contributed by atoms with Crippen LogP contribution < -0.4 is 29.6 Å². The second-order valence-corrected chi connectivity index (χ2v) is 3.81. The smallest absolute Gasteiger partial charge is 1.00 e. The number of para-hydroxylation sites is 1. The number of aromatic amines is 1. The fourth-order valence-corrected chi connectivity index (χ4v) is 1.70. The zero-order chi connectivity index (χ0) is 9.47. The molecule has 0 fully saturated rings. The molecule has 0 aliphatic rings. The predicted octanol–water partition coefficient (Wildman–Crippen LogP) is -2.68. The van der Waals surface area contributed by atoms with Gasteiger partial charge in [0.25, 0.3) is 10.1 Å². The van der Waals surface area contributed by atoms with Crippen LogP contribution in [0.2, 0.25) is 0 Å². The van der Waals surface area contributed by atoms with Crippen molar-refractivity contribution in [1.82, 2.24) is 15.4 Å². The van der Waals surface area contributed by atoms with E-state index in [-0.39, 0.29) is 63.8 Å². The molecule has 81 valence electrons. The first-order chi connectivity index (χ1) is 6.09. The molecule has 0 aliphatic heterocycles. The van der Waals surface area contributed by atoms with Crippen molar-refractivity contribution in [2.75, 3.05) is 0 Å². The molecule has 0 saturated carbocycles. The van der Waals surface area contributed by atoms with Gasteiger partial charge in [-0.15, -0.1) is 0 Å². The summed E-state index contributed by atoms with van der Waals surface area (Å²) in [6, 6.07) is 4.33. The summed E-state index contributed by atoms with van der Waals surface area (Å²) >= 11 is 0. The van der Waals surface area contributed by atoms with E-state index in [0.29, 0.717) is 5.52 Å². The Morgan fingerprint density at radius 3 is 2.60 bits per heavy atom. The molecule has 0 unspecified atom stereocenters. The molecule has 1 aromatic carbocycles. The number of nitrogens with zero attached hydrogens (tertiary/aromatic N) is 2. The Morgan fingerprint density at radius 1 is 1.33 bits per heavy atom. The average Bonchev–Trinajstić information content (AvgIpc) is 2.48. The Balaban J connectivity index is 0. The Labute approximate surface area is 125 Å². The van der Waals surface area contributed by atoms with Gasteiger partial charge < -0.3 is 1.43 Å². The molecule has 15 heavy (non-hydrogen) atoms. The fraction of sp³-hybridized carbons (Fsp3) is 0. The van der Waals surface area contributed by atoms with Gasteiger partial charge in [-0.2, -0.15) is 23.8 Å². The second-order valence-electron chi connectivity index (χ2n) is 2.42. The number of benzene rings is 1. The molecule has 2 aromatic rings. The van der Waals surface area contributed by atoms with Gasteiger partial charge in [0.05, 0.1) is 0 Å². The molecule has 1 aromatic heterocycles. The summed E-state index contributed by atoms with van der Waals surface area (Å²) < 4.78 is 30.4. The Kier molecular flexibility index (Phi) is 5.65. The largest absolute Gasteiger partial charge is 1.00 e. The fourth-order valence-electron chi connectivity index (χ4n) is 1.05. The summed E-state index contributed by atoms with van der Waals surface area (Å²) in [7, 11) is -4.22. The normalized spacial score (nSPS) is 10.5. The van der Waals surface area contributed by atoms with E-state index in [1.807, 2.05) is 0 Å². The number of nitrogens with one attached hydrogen (secondary N) is 1. The van der Waals surface area contributed by atoms with Crippen molar-refractivity contribution in [3.05, 3.63) is 18.2 Å². The Morgan fingerprint density at radius 2 is 2.00 bits per heavy atom. The van der Waals surface area contributed by atoms with Crippen LogP contribution in [0.25, 0.3) is 11.0 Å². The third kappa shape index (κ3) is 3.11. The van der Waals surface area contributed by atoms with Gasteiger partial charge in [-0.25, -0.2) is 0 Å². The monoisotopic (exact) mass is 330 g/mol. The van der Waals surface area contributed by atoms with Crippen molar-refractivity contribution in [1.29, 1.82) is 0 Å². The minimum Gasteiger partial charge on any atom is -1.00 e. The summed E-state index contributed by atoms with van der Waals surface area (Å²) in [5.74, 6) is 0. The van der Waals surface area contributed by atoms with E-state index < -0.39 is 10.1 Å². The van der Waals surface area contributed by atoms with Crippen LogP contribution in [0.3, 0.4) is 0 Å². The molecule has 6 nitrogen and oxygen atoms in total. The molecule has 0 atom stereocenters. The number of rotatable bonds is 1. The van der Waals surface area contributed by atoms with Crippen molar-refractivity contribution in [2.45, 2.75) is 4.90 Å². The van der Waals surface area contributed by atoms with E-state index in [1.165, 1.54) is 12.1 Å². The van der Waals surface area contributed by atoms with Crippen LogP contribution in [-0.4, -0.2) is 28.4 Å². The maximum atomic E-state index is 10.8. The van der Waals surface area contributed by atoms with Gasteiger partial charge in [-0.1, -0.05) is 6.07 Å².